The van der Waals surface area contributed by atoms with Gasteiger partial charge >= 0.3 is 11.9 Å². The lowest BCUT2D eigenvalue weighted by Crippen LogP contribution is -2.31. The van der Waals surface area contributed by atoms with Gasteiger partial charge in [-0.25, -0.2) is 4.98 Å². The molecule has 118 valence electrons. The molecule has 0 N–H and O–H groups in total. The van der Waals surface area contributed by atoms with Crippen LogP contribution in [0.2, 0.25) is 0 Å². The number of fused-ring (bicyclic) bond motifs is 1. The Kier molecular flexibility index (Phi) is 5.31. The van der Waals surface area contributed by atoms with Gasteiger partial charge in [-0.15, -0.1) is 0 Å². The molecule has 0 fully saturated rings. The predicted molar refractivity (Wildman–Crippen MR) is 78.4 cm³/mol. The number of aryl methyl sites for hydroxylation is 1. The number of rotatable bonds is 6. The number of hydrogen-bond acceptors (Lipinski definition) is 8. The summed E-state index contributed by atoms with van der Waals surface area (Å²) in [5, 5.41) is 3.49. The van der Waals surface area contributed by atoms with Crippen molar-refractivity contribution < 1.29 is 19.1 Å². The van der Waals surface area contributed by atoms with E-state index in [9.17, 15) is 9.59 Å². The van der Waals surface area contributed by atoms with Crippen LogP contribution in [0.4, 0.5) is 0 Å². The fraction of sp³-hybridized carbons (Fsp3) is 0.462. The largest absolute Gasteiger partial charge is 0.465 e. The van der Waals surface area contributed by atoms with Crippen LogP contribution in [0.5, 0.6) is 0 Å². The monoisotopic (exact) mass is 324 g/mol. The molecule has 0 spiro atoms. The maximum absolute atomic E-state index is 12.0. The molecule has 0 atom stereocenters. The third-order valence-corrected chi connectivity index (χ3v) is 3.74. The Bertz CT molecular complexity index is 670. The molecule has 8 nitrogen and oxygen atoms in total. The molecule has 0 aliphatic rings. The number of hydrogen-bond donors (Lipinski definition) is 0. The van der Waals surface area contributed by atoms with Crippen LogP contribution in [0.3, 0.4) is 0 Å². The summed E-state index contributed by atoms with van der Waals surface area (Å²) in [6, 6.07) is 1.72. The maximum atomic E-state index is 12.0. The second-order valence-corrected chi connectivity index (χ2v) is 5.33. The highest BCUT2D eigenvalue weighted by Crippen LogP contribution is 2.26. The Morgan fingerprint density at radius 3 is 2.50 bits per heavy atom. The van der Waals surface area contributed by atoms with Crippen molar-refractivity contribution in [2.45, 2.75) is 31.0 Å². The lowest BCUT2D eigenvalue weighted by molar-refractivity contribution is -0.152. The summed E-state index contributed by atoms with van der Waals surface area (Å²) >= 11 is 1.00. The van der Waals surface area contributed by atoms with Gasteiger partial charge in [0.2, 0.25) is 5.25 Å². The minimum Gasteiger partial charge on any atom is -0.465 e. The molecule has 22 heavy (non-hydrogen) atoms. The minimum atomic E-state index is -1.12. The molecule has 0 saturated carbocycles. The molecular formula is C13H16N4O4S. The first-order chi connectivity index (χ1) is 10.6. The molecule has 2 heterocycles. The zero-order chi connectivity index (χ0) is 16.1. The summed E-state index contributed by atoms with van der Waals surface area (Å²) in [5.41, 5.74) is 0.703. The van der Waals surface area contributed by atoms with E-state index in [1.165, 1.54) is 10.8 Å². The van der Waals surface area contributed by atoms with Crippen molar-refractivity contribution in [1.82, 2.24) is 19.6 Å². The number of esters is 2. The average molecular weight is 324 g/mol. The van der Waals surface area contributed by atoms with E-state index in [1.807, 2.05) is 0 Å². The van der Waals surface area contributed by atoms with Crippen molar-refractivity contribution in [2.75, 3.05) is 13.2 Å². The van der Waals surface area contributed by atoms with E-state index in [4.69, 9.17) is 9.47 Å². The molecule has 9 heteroatoms. The highest BCUT2D eigenvalue weighted by atomic mass is 32.2. The number of carbonyl (C=O) groups is 2. The van der Waals surface area contributed by atoms with Crippen molar-refractivity contribution in [2.24, 2.45) is 0 Å². The van der Waals surface area contributed by atoms with Crippen LogP contribution in [0.15, 0.2) is 17.4 Å². The number of carbonyl (C=O) groups excluding carboxylic acids is 2. The van der Waals surface area contributed by atoms with Crippen LogP contribution < -0.4 is 0 Å². The molecule has 2 aromatic heterocycles. The number of aromatic nitrogens is 4. The van der Waals surface area contributed by atoms with Gasteiger partial charge in [-0.3, -0.25) is 9.59 Å². The fourth-order valence-electron chi connectivity index (χ4n) is 1.73. The standard InChI is InChI=1S/C13H16N4O4S/c1-4-20-11(18)10(12(19)21-5-2)22-9-6-8(3)16-13-14-7-15-17(9)13/h6-7,10H,4-5H2,1-3H3. The lowest BCUT2D eigenvalue weighted by atomic mass is 10.4. The summed E-state index contributed by atoms with van der Waals surface area (Å²) in [4.78, 5) is 32.3. The second kappa shape index (κ2) is 7.21. The summed E-state index contributed by atoms with van der Waals surface area (Å²) in [6.07, 6.45) is 1.36. The van der Waals surface area contributed by atoms with Crippen molar-refractivity contribution in [3.63, 3.8) is 0 Å². The molecule has 0 bridgehead atoms. The summed E-state index contributed by atoms with van der Waals surface area (Å²) < 4.78 is 11.4. The van der Waals surface area contributed by atoms with Gasteiger partial charge in [0.15, 0.2) is 0 Å². The Balaban J connectivity index is 2.33. The van der Waals surface area contributed by atoms with E-state index in [1.54, 1.807) is 26.8 Å². The van der Waals surface area contributed by atoms with E-state index >= 15 is 0 Å². The highest BCUT2D eigenvalue weighted by Gasteiger charge is 2.32. The van der Waals surface area contributed by atoms with Crippen LogP contribution in [-0.4, -0.2) is 50.0 Å². The Morgan fingerprint density at radius 2 is 1.91 bits per heavy atom. The Hall–Kier alpha value is -2.16. The molecule has 0 amide bonds. The van der Waals surface area contributed by atoms with E-state index in [2.05, 4.69) is 15.1 Å². The molecule has 0 saturated heterocycles. The third kappa shape index (κ3) is 3.53. The van der Waals surface area contributed by atoms with Crippen LogP contribution in [0, 0.1) is 6.92 Å². The molecule has 0 aromatic carbocycles. The van der Waals surface area contributed by atoms with Crippen molar-refractivity contribution >= 4 is 29.5 Å². The van der Waals surface area contributed by atoms with E-state index in [0.29, 0.717) is 16.5 Å². The zero-order valence-electron chi connectivity index (χ0n) is 12.5. The number of nitrogens with zero attached hydrogens (tertiary/aromatic N) is 4. The summed E-state index contributed by atoms with van der Waals surface area (Å²) in [5.74, 6) is -0.892. The van der Waals surface area contributed by atoms with E-state index in [-0.39, 0.29) is 13.2 Å². The van der Waals surface area contributed by atoms with Gasteiger partial charge < -0.3 is 9.47 Å². The number of ether oxygens (including phenoxy) is 2. The smallest absolute Gasteiger partial charge is 0.331 e. The topological polar surface area (TPSA) is 95.7 Å². The molecule has 0 unspecified atom stereocenters. The first-order valence-electron chi connectivity index (χ1n) is 6.74. The first-order valence-corrected chi connectivity index (χ1v) is 7.62. The average Bonchev–Trinajstić information content (AvgIpc) is 2.93. The van der Waals surface area contributed by atoms with Crippen LogP contribution in [0.1, 0.15) is 19.5 Å². The SMILES string of the molecule is CCOC(=O)C(Sc1cc(C)nc2ncnn12)C(=O)OCC. The van der Waals surface area contributed by atoms with Gasteiger partial charge in [0.1, 0.15) is 11.4 Å². The van der Waals surface area contributed by atoms with Gasteiger partial charge in [0.05, 0.1) is 13.2 Å². The second-order valence-electron chi connectivity index (χ2n) is 4.21. The Labute approximate surface area is 131 Å². The molecule has 0 radical (unpaired) electrons. The van der Waals surface area contributed by atoms with Gasteiger partial charge in [0, 0.05) is 5.69 Å². The van der Waals surface area contributed by atoms with Crippen LogP contribution >= 0.6 is 11.8 Å². The van der Waals surface area contributed by atoms with Gasteiger partial charge in [-0.1, -0.05) is 11.8 Å². The van der Waals surface area contributed by atoms with Gasteiger partial charge in [-0.05, 0) is 26.8 Å². The predicted octanol–water partition coefficient (Wildman–Crippen LogP) is 1.02. The van der Waals surface area contributed by atoms with Crippen LogP contribution in [-0.2, 0) is 19.1 Å². The lowest BCUT2D eigenvalue weighted by Gasteiger charge is -2.14. The molecule has 0 aliphatic carbocycles. The molecular weight excluding hydrogens is 308 g/mol. The number of thioether (sulfide) groups is 1. The van der Waals surface area contributed by atoms with Crippen molar-refractivity contribution in [3.05, 3.63) is 18.1 Å². The third-order valence-electron chi connectivity index (χ3n) is 2.59. The first kappa shape index (κ1) is 16.2. The maximum Gasteiger partial charge on any atom is 0.331 e. The highest BCUT2D eigenvalue weighted by molar-refractivity contribution is 8.01. The summed E-state index contributed by atoms with van der Waals surface area (Å²) in [7, 11) is 0. The quantitative estimate of drug-likeness (QED) is 0.336. The molecule has 2 rings (SSSR count). The van der Waals surface area contributed by atoms with E-state index < -0.39 is 17.2 Å². The van der Waals surface area contributed by atoms with Crippen molar-refractivity contribution in [3.8, 4) is 0 Å². The normalized spacial score (nSPS) is 10.9. The zero-order valence-corrected chi connectivity index (χ0v) is 13.3. The summed E-state index contributed by atoms with van der Waals surface area (Å²) in [6.45, 7) is 5.52. The van der Waals surface area contributed by atoms with Crippen molar-refractivity contribution in [1.29, 1.82) is 0 Å². The fourth-order valence-corrected chi connectivity index (χ4v) is 2.77. The Morgan fingerprint density at radius 1 is 1.27 bits per heavy atom. The molecule has 0 aliphatic heterocycles. The minimum absolute atomic E-state index is 0.184. The van der Waals surface area contributed by atoms with Gasteiger partial charge in [0.25, 0.3) is 5.78 Å². The van der Waals surface area contributed by atoms with Gasteiger partial charge in [-0.2, -0.15) is 14.6 Å². The molecule has 2 aromatic rings. The van der Waals surface area contributed by atoms with Crippen LogP contribution in [0.25, 0.3) is 5.78 Å². The van der Waals surface area contributed by atoms with E-state index in [0.717, 1.165) is 11.8 Å².